The van der Waals surface area contributed by atoms with Gasteiger partial charge < -0.3 is 40.2 Å². The third-order valence-corrected chi connectivity index (χ3v) is 9.75. The zero-order valence-electron chi connectivity index (χ0n) is 22.4. The van der Waals surface area contributed by atoms with Crippen molar-refractivity contribution in [2.45, 2.75) is 55.4 Å². The number of allylic oxidation sites excluding steroid dienone is 1. The van der Waals surface area contributed by atoms with E-state index in [9.17, 15) is 33.9 Å². The maximum Gasteiger partial charge on any atom is 0.472 e. The van der Waals surface area contributed by atoms with Gasteiger partial charge in [-0.3, -0.25) is 27.5 Å². The second kappa shape index (κ2) is 10.9. The SMILES string of the molecule is Nc1ccnc2c1ncn2[C@@H]1O[C@@H]2COP(=O)(O)O[C@@H]3[C@H](O)[C@@H](COP(=O)(O)O[C@H]2[C@H]1O)O[C@H]3C1=CCc2c1nc[nH]c2=O. The van der Waals surface area contributed by atoms with Gasteiger partial charge >= 0.3 is 15.6 Å². The van der Waals surface area contributed by atoms with Crippen molar-refractivity contribution >= 4 is 38.1 Å². The molecule has 0 amide bonds. The van der Waals surface area contributed by atoms with Gasteiger partial charge in [0.05, 0.1) is 37.2 Å². The number of nitrogens with zero attached hydrogens (tertiary/aromatic N) is 4. The number of rotatable bonds is 2. The van der Waals surface area contributed by atoms with Crippen LogP contribution in [-0.4, -0.2) is 100 Å². The van der Waals surface area contributed by atoms with Crippen molar-refractivity contribution in [3.05, 3.63) is 52.6 Å². The molecule has 2 bridgehead atoms. The molecule has 3 aromatic rings. The summed E-state index contributed by atoms with van der Waals surface area (Å²) in [7, 11) is -10.0. The van der Waals surface area contributed by atoms with Crippen LogP contribution in [0.5, 0.6) is 0 Å². The number of fused-ring (bicyclic) bond motifs is 5. The molecule has 10 atom stereocenters. The van der Waals surface area contributed by atoms with Crippen molar-refractivity contribution in [3.63, 3.8) is 0 Å². The van der Waals surface area contributed by atoms with Gasteiger partial charge in [0.25, 0.3) is 5.56 Å². The van der Waals surface area contributed by atoms with E-state index in [0.717, 1.165) is 0 Å². The number of nitrogen functional groups attached to an aromatic ring is 1. The highest BCUT2D eigenvalue weighted by molar-refractivity contribution is 7.47. The fourth-order valence-corrected chi connectivity index (χ4v) is 7.63. The number of nitrogens with one attached hydrogen (secondary N) is 1. The molecule has 21 heteroatoms. The van der Waals surface area contributed by atoms with Gasteiger partial charge in [0, 0.05) is 17.3 Å². The smallest absolute Gasteiger partial charge is 0.397 e. The van der Waals surface area contributed by atoms with Crippen LogP contribution in [0.25, 0.3) is 16.7 Å². The third-order valence-electron chi connectivity index (χ3n) is 7.78. The van der Waals surface area contributed by atoms with Crippen LogP contribution >= 0.6 is 15.6 Å². The fourth-order valence-electron chi connectivity index (χ4n) is 5.73. The maximum absolute atomic E-state index is 13.2. The molecule has 0 aromatic carbocycles. The summed E-state index contributed by atoms with van der Waals surface area (Å²) in [6, 6.07) is 1.52. The number of H-pyrrole nitrogens is 1. The Hall–Kier alpha value is -2.90. The predicted octanol–water partition coefficient (Wildman–Crippen LogP) is -0.859. The van der Waals surface area contributed by atoms with Gasteiger partial charge in [-0.05, 0) is 12.5 Å². The Labute approximate surface area is 246 Å². The lowest BCUT2D eigenvalue weighted by molar-refractivity contribution is -0.0546. The summed E-state index contributed by atoms with van der Waals surface area (Å²) in [5, 5.41) is 22.2. The van der Waals surface area contributed by atoms with Crippen LogP contribution in [0.1, 0.15) is 17.5 Å². The van der Waals surface area contributed by atoms with Crippen molar-refractivity contribution in [1.82, 2.24) is 24.5 Å². The lowest BCUT2D eigenvalue weighted by Gasteiger charge is -2.25. The largest absolute Gasteiger partial charge is 0.472 e. The number of aromatic nitrogens is 5. The summed E-state index contributed by atoms with van der Waals surface area (Å²) in [5.41, 5.74) is 7.20. The molecule has 44 heavy (non-hydrogen) atoms. The fraction of sp³-hybridized carbons (Fsp3) is 0.478. The Bertz CT molecular complexity index is 1800. The van der Waals surface area contributed by atoms with Gasteiger partial charge in [-0.15, -0.1) is 0 Å². The van der Waals surface area contributed by atoms with Gasteiger partial charge in [-0.1, -0.05) is 6.08 Å². The molecule has 7 rings (SSSR count). The van der Waals surface area contributed by atoms with E-state index < -0.39 is 83.4 Å². The Morgan fingerprint density at radius 3 is 2.48 bits per heavy atom. The third kappa shape index (κ3) is 5.14. The van der Waals surface area contributed by atoms with E-state index in [1.807, 2.05) is 0 Å². The Kier molecular flexibility index (Phi) is 7.36. The molecule has 3 aromatic heterocycles. The summed E-state index contributed by atoms with van der Waals surface area (Å²) in [4.78, 5) is 48.5. The molecule has 4 aliphatic rings. The summed E-state index contributed by atoms with van der Waals surface area (Å²) in [5.74, 6) is 0. The zero-order chi connectivity index (χ0) is 31.0. The highest BCUT2D eigenvalue weighted by atomic mass is 31.2. The van der Waals surface area contributed by atoms with Crippen LogP contribution < -0.4 is 11.3 Å². The van der Waals surface area contributed by atoms with Gasteiger partial charge in [-0.25, -0.2) is 24.1 Å². The Balaban J connectivity index is 1.19. The second-order valence-corrected chi connectivity index (χ2v) is 13.3. The Morgan fingerprint density at radius 2 is 1.70 bits per heavy atom. The first-order valence-electron chi connectivity index (χ1n) is 13.2. The molecule has 3 saturated heterocycles. The van der Waals surface area contributed by atoms with Crippen molar-refractivity contribution in [1.29, 1.82) is 0 Å². The van der Waals surface area contributed by atoms with Crippen LogP contribution in [-0.2, 0) is 43.1 Å². The van der Waals surface area contributed by atoms with Crippen molar-refractivity contribution < 1.29 is 56.7 Å². The van der Waals surface area contributed by atoms with Crippen LogP contribution in [0, 0.1) is 0 Å². The number of ether oxygens (including phenoxy) is 2. The zero-order valence-corrected chi connectivity index (χ0v) is 24.1. The van der Waals surface area contributed by atoms with E-state index in [4.69, 9.17) is 33.3 Å². The Morgan fingerprint density at radius 1 is 0.977 bits per heavy atom. The van der Waals surface area contributed by atoms with E-state index >= 15 is 0 Å². The van der Waals surface area contributed by atoms with Crippen molar-refractivity contribution in [3.8, 4) is 0 Å². The summed E-state index contributed by atoms with van der Waals surface area (Å²) < 4.78 is 60.3. The standard InChI is InChI=1S/C23H26N6O13P2/c24-11-3-4-25-21-15(11)28-8-29(21)23-17(31)19-13(40-23)6-38-44(35,36)42-20-16(30)12(5-37-43(33,34)41-19)39-18(20)9-1-2-10-14(9)26-7-27-22(10)32/h1,3-4,7-8,12-13,16-20,23,30-31H,2,5-6H2,(H2,24,25)(H,33,34)(H,35,36)(H,26,27,32)/t12-,13-,16-,17-,18+,19-,20-,23-/m1/s1. The maximum atomic E-state index is 13.2. The highest BCUT2D eigenvalue weighted by Gasteiger charge is 2.54. The topological polar surface area (TPSA) is 273 Å². The number of aliphatic hydroxyl groups is 2. The summed E-state index contributed by atoms with van der Waals surface area (Å²) in [6.45, 7) is -1.52. The molecule has 6 heterocycles. The average Bonchev–Trinajstić information content (AvgIpc) is 3.73. The minimum Gasteiger partial charge on any atom is -0.397 e. The average molecular weight is 656 g/mol. The molecule has 0 spiro atoms. The number of imidazole rings is 1. The van der Waals surface area contributed by atoms with Gasteiger partial charge in [0.15, 0.2) is 11.9 Å². The minimum atomic E-state index is -5.03. The number of hydrogen-bond acceptors (Lipinski definition) is 15. The van der Waals surface area contributed by atoms with Crippen LogP contribution in [0.15, 0.2) is 35.8 Å². The first kappa shape index (κ1) is 29.8. The van der Waals surface area contributed by atoms with Crippen molar-refractivity contribution in [2.75, 3.05) is 18.9 Å². The van der Waals surface area contributed by atoms with E-state index in [1.165, 1.54) is 29.5 Å². The molecule has 0 saturated carbocycles. The number of phosphoric ester groups is 2. The number of nitrogens with two attached hydrogens (primary N) is 1. The molecule has 3 fully saturated rings. The van der Waals surface area contributed by atoms with E-state index in [2.05, 4.69) is 19.9 Å². The predicted molar refractivity (Wildman–Crippen MR) is 144 cm³/mol. The monoisotopic (exact) mass is 656 g/mol. The first-order chi connectivity index (χ1) is 20.9. The number of phosphoric acid groups is 2. The van der Waals surface area contributed by atoms with Gasteiger partial charge in [0.1, 0.15) is 48.2 Å². The lowest BCUT2D eigenvalue weighted by atomic mass is 10.0. The molecular weight excluding hydrogens is 630 g/mol. The normalized spacial score (nSPS) is 39.2. The molecule has 0 radical (unpaired) electrons. The van der Waals surface area contributed by atoms with Crippen LogP contribution in [0.3, 0.4) is 0 Å². The minimum absolute atomic E-state index is 0.170. The summed E-state index contributed by atoms with van der Waals surface area (Å²) in [6.07, 6.45) is -6.25. The first-order valence-corrected chi connectivity index (χ1v) is 16.2. The van der Waals surface area contributed by atoms with E-state index in [-0.39, 0.29) is 17.8 Å². The quantitative estimate of drug-likeness (QED) is 0.183. The molecule has 3 aliphatic heterocycles. The van der Waals surface area contributed by atoms with E-state index in [1.54, 1.807) is 6.08 Å². The molecule has 7 N–H and O–H groups in total. The number of anilines is 1. The summed E-state index contributed by atoms with van der Waals surface area (Å²) >= 11 is 0. The highest BCUT2D eigenvalue weighted by Crippen LogP contribution is 2.53. The molecular formula is C23H26N6O13P2. The molecule has 19 nitrogen and oxygen atoms in total. The van der Waals surface area contributed by atoms with Gasteiger partial charge in [0.2, 0.25) is 0 Å². The van der Waals surface area contributed by atoms with Crippen LogP contribution in [0.4, 0.5) is 5.69 Å². The second-order valence-electron chi connectivity index (χ2n) is 10.5. The number of pyridine rings is 1. The number of aliphatic hydroxyl groups excluding tert-OH is 2. The number of hydrogen-bond donors (Lipinski definition) is 6. The number of aromatic amines is 1. The van der Waals surface area contributed by atoms with E-state index in [0.29, 0.717) is 22.3 Å². The van der Waals surface area contributed by atoms with Gasteiger partial charge in [-0.2, -0.15) is 0 Å². The van der Waals surface area contributed by atoms with Crippen LogP contribution in [0.2, 0.25) is 0 Å². The molecule has 236 valence electrons. The van der Waals surface area contributed by atoms with Crippen molar-refractivity contribution in [2.24, 2.45) is 0 Å². The molecule has 2 unspecified atom stereocenters. The molecule has 1 aliphatic carbocycles. The lowest BCUT2D eigenvalue weighted by Crippen LogP contribution is -2.36.